The third-order valence-electron chi connectivity index (χ3n) is 3.25. The van der Waals surface area contributed by atoms with E-state index in [4.69, 9.17) is 10.5 Å². The number of rotatable bonds is 5. The summed E-state index contributed by atoms with van der Waals surface area (Å²) in [7, 11) is 0. The van der Waals surface area contributed by atoms with E-state index in [2.05, 4.69) is 17.2 Å². The lowest BCUT2D eigenvalue weighted by Crippen LogP contribution is -2.35. The summed E-state index contributed by atoms with van der Waals surface area (Å²) in [5.74, 6) is 1.74. The van der Waals surface area contributed by atoms with Crippen LogP contribution < -0.4 is 15.8 Å². The van der Waals surface area contributed by atoms with Gasteiger partial charge in [0.05, 0.1) is 5.69 Å². The molecule has 1 aliphatic heterocycles. The van der Waals surface area contributed by atoms with Gasteiger partial charge in [0.2, 0.25) is 0 Å². The van der Waals surface area contributed by atoms with Crippen molar-refractivity contribution < 1.29 is 4.74 Å². The van der Waals surface area contributed by atoms with Crippen molar-refractivity contribution in [1.82, 2.24) is 0 Å². The van der Waals surface area contributed by atoms with Crippen LogP contribution >= 0.6 is 0 Å². The van der Waals surface area contributed by atoms with E-state index in [1.54, 1.807) is 0 Å². The summed E-state index contributed by atoms with van der Waals surface area (Å²) in [6.45, 7) is 5.08. The monoisotopic (exact) mass is 261 g/mol. The number of nitrogens with zero attached hydrogens (tertiary/aromatic N) is 1. The van der Waals surface area contributed by atoms with Crippen molar-refractivity contribution in [2.24, 2.45) is 4.99 Å². The molecule has 1 unspecified atom stereocenters. The van der Waals surface area contributed by atoms with Gasteiger partial charge in [-0.25, -0.2) is 0 Å². The standard InChI is InChI=1S/C15H23N3O/c1-3-4-5-6-9-17-15-11(2)19-14-8-7-12(16)10-13(14)18-15/h7-8,10-11H,3-6,9,16H2,1-2H3,(H,17,18). The molecule has 1 aliphatic rings. The van der Waals surface area contributed by atoms with Crippen molar-refractivity contribution in [2.75, 3.05) is 17.6 Å². The topological polar surface area (TPSA) is 59.6 Å². The third kappa shape index (κ3) is 3.63. The number of anilines is 2. The van der Waals surface area contributed by atoms with Gasteiger partial charge in [-0.05, 0) is 31.5 Å². The van der Waals surface area contributed by atoms with Gasteiger partial charge in [0.25, 0.3) is 0 Å². The number of fused-ring (bicyclic) bond motifs is 1. The summed E-state index contributed by atoms with van der Waals surface area (Å²) in [5, 5.41) is 3.32. The SMILES string of the molecule is CCCCCCN=C1Nc2cc(N)ccc2OC1C. The Kier molecular flexibility index (Phi) is 4.66. The first-order valence-corrected chi connectivity index (χ1v) is 7.08. The number of hydrogen-bond acceptors (Lipinski definition) is 3. The number of ether oxygens (including phenoxy) is 1. The van der Waals surface area contributed by atoms with Crippen LogP contribution in [-0.2, 0) is 0 Å². The Labute approximate surface area is 115 Å². The molecule has 1 atom stereocenters. The minimum atomic E-state index is -0.0256. The fraction of sp³-hybridized carbons (Fsp3) is 0.533. The van der Waals surface area contributed by atoms with Crippen LogP contribution in [0.15, 0.2) is 23.2 Å². The van der Waals surface area contributed by atoms with Crippen molar-refractivity contribution in [2.45, 2.75) is 45.6 Å². The van der Waals surface area contributed by atoms with E-state index in [-0.39, 0.29) is 6.10 Å². The van der Waals surface area contributed by atoms with E-state index >= 15 is 0 Å². The predicted octanol–water partition coefficient (Wildman–Crippen LogP) is 3.44. The van der Waals surface area contributed by atoms with Crippen molar-refractivity contribution in [1.29, 1.82) is 0 Å². The highest BCUT2D eigenvalue weighted by Crippen LogP contribution is 2.31. The first-order valence-electron chi connectivity index (χ1n) is 7.08. The molecule has 104 valence electrons. The van der Waals surface area contributed by atoms with Crippen LogP contribution in [-0.4, -0.2) is 18.5 Å². The Balaban J connectivity index is 1.98. The second-order valence-electron chi connectivity index (χ2n) is 4.97. The minimum Gasteiger partial charge on any atom is -0.481 e. The van der Waals surface area contributed by atoms with Gasteiger partial charge in [-0.3, -0.25) is 4.99 Å². The number of benzene rings is 1. The molecule has 0 spiro atoms. The number of nitrogen functional groups attached to an aromatic ring is 1. The maximum Gasteiger partial charge on any atom is 0.153 e. The van der Waals surface area contributed by atoms with Crippen LogP contribution in [0, 0.1) is 0 Å². The molecule has 0 saturated carbocycles. The lowest BCUT2D eigenvalue weighted by atomic mass is 10.2. The Bertz CT molecular complexity index is 457. The maximum atomic E-state index is 5.83. The van der Waals surface area contributed by atoms with Gasteiger partial charge in [0.1, 0.15) is 11.6 Å². The number of nitrogens with two attached hydrogens (primary N) is 1. The summed E-state index contributed by atoms with van der Waals surface area (Å²) in [6, 6.07) is 5.63. The highest BCUT2D eigenvalue weighted by molar-refractivity contribution is 6.02. The molecule has 2 rings (SSSR count). The molecule has 0 aliphatic carbocycles. The van der Waals surface area contributed by atoms with E-state index in [1.165, 1.54) is 19.3 Å². The first kappa shape index (κ1) is 13.7. The fourth-order valence-electron chi connectivity index (χ4n) is 2.14. The van der Waals surface area contributed by atoms with Crippen molar-refractivity contribution in [3.63, 3.8) is 0 Å². The summed E-state index contributed by atoms with van der Waals surface area (Å²) >= 11 is 0. The zero-order valence-corrected chi connectivity index (χ0v) is 11.8. The van der Waals surface area contributed by atoms with Crippen LogP contribution in [0.2, 0.25) is 0 Å². The quantitative estimate of drug-likeness (QED) is 0.630. The molecule has 4 nitrogen and oxygen atoms in total. The Morgan fingerprint density at radius 1 is 1.32 bits per heavy atom. The number of nitrogens with one attached hydrogen (secondary N) is 1. The molecule has 0 saturated heterocycles. The van der Waals surface area contributed by atoms with Crippen LogP contribution in [0.25, 0.3) is 0 Å². The number of aliphatic imine (C=N–C) groups is 1. The fourth-order valence-corrected chi connectivity index (χ4v) is 2.14. The van der Waals surface area contributed by atoms with Crippen molar-refractivity contribution in [3.05, 3.63) is 18.2 Å². The van der Waals surface area contributed by atoms with Crippen LogP contribution in [0.4, 0.5) is 11.4 Å². The second kappa shape index (κ2) is 6.45. The third-order valence-corrected chi connectivity index (χ3v) is 3.25. The van der Waals surface area contributed by atoms with E-state index in [1.807, 2.05) is 25.1 Å². The highest BCUT2D eigenvalue weighted by atomic mass is 16.5. The molecule has 3 N–H and O–H groups in total. The number of unbranched alkanes of at least 4 members (excludes halogenated alkanes) is 3. The highest BCUT2D eigenvalue weighted by Gasteiger charge is 2.21. The van der Waals surface area contributed by atoms with E-state index in [0.717, 1.165) is 35.9 Å². The van der Waals surface area contributed by atoms with E-state index < -0.39 is 0 Å². The molecule has 0 amide bonds. The molecule has 4 heteroatoms. The lowest BCUT2D eigenvalue weighted by Gasteiger charge is -2.26. The van der Waals surface area contributed by atoms with Crippen LogP contribution in [0.3, 0.4) is 0 Å². The lowest BCUT2D eigenvalue weighted by molar-refractivity contribution is 0.282. The molecule has 0 aromatic heterocycles. The maximum absolute atomic E-state index is 5.83. The molecule has 0 bridgehead atoms. The molecule has 1 heterocycles. The first-order chi connectivity index (χ1) is 9.20. The predicted molar refractivity (Wildman–Crippen MR) is 81.0 cm³/mol. The minimum absolute atomic E-state index is 0.0256. The van der Waals surface area contributed by atoms with E-state index in [9.17, 15) is 0 Å². The zero-order chi connectivity index (χ0) is 13.7. The molecule has 19 heavy (non-hydrogen) atoms. The summed E-state index contributed by atoms with van der Waals surface area (Å²) in [5.41, 5.74) is 7.42. The molecule has 1 aromatic rings. The van der Waals surface area contributed by atoms with Gasteiger partial charge in [-0.1, -0.05) is 26.2 Å². The average Bonchev–Trinajstić information content (AvgIpc) is 2.39. The van der Waals surface area contributed by atoms with Gasteiger partial charge in [0.15, 0.2) is 6.10 Å². The molecule has 0 radical (unpaired) electrons. The van der Waals surface area contributed by atoms with Crippen molar-refractivity contribution in [3.8, 4) is 5.75 Å². The largest absolute Gasteiger partial charge is 0.481 e. The molecular weight excluding hydrogens is 238 g/mol. The second-order valence-corrected chi connectivity index (χ2v) is 4.97. The summed E-state index contributed by atoms with van der Waals surface area (Å²) in [6.07, 6.45) is 4.88. The van der Waals surface area contributed by atoms with Gasteiger partial charge >= 0.3 is 0 Å². The summed E-state index contributed by atoms with van der Waals surface area (Å²) < 4.78 is 5.83. The Morgan fingerprint density at radius 3 is 2.95 bits per heavy atom. The normalized spacial score (nSPS) is 19.7. The number of hydrogen-bond donors (Lipinski definition) is 2. The zero-order valence-electron chi connectivity index (χ0n) is 11.8. The van der Waals surface area contributed by atoms with Gasteiger partial charge in [-0.2, -0.15) is 0 Å². The smallest absolute Gasteiger partial charge is 0.153 e. The molecular formula is C15H23N3O. The average molecular weight is 261 g/mol. The molecule has 0 fully saturated rings. The molecule has 1 aromatic carbocycles. The Morgan fingerprint density at radius 2 is 2.16 bits per heavy atom. The van der Waals surface area contributed by atoms with Crippen molar-refractivity contribution >= 4 is 17.2 Å². The number of amidine groups is 1. The van der Waals surface area contributed by atoms with E-state index in [0.29, 0.717) is 0 Å². The Hall–Kier alpha value is -1.71. The van der Waals surface area contributed by atoms with Gasteiger partial charge in [-0.15, -0.1) is 0 Å². The van der Waals surface area contributed by atoms with Gasteiger partial charge < -0.3 is 15.8 Å². The summed E-state index contributed by atoms with van der Waals surface area (Å²) in [4.78, 5) is 4.60. The van der Waals surface area contributed by atoms with Crippen LogP contribution in [0.5, 0.6) is 5.75 Å². The van der Waals surface area contributed by atoms with Crippen LogP contribution in [0.1, 0.15) is 39.5 Å². The van der Waals surface area contributed by atoms with Gasteiger partial charge in [0, 0.05) is 12.2 Å².